The minimum atomic E-state index is -1.45. The van der Waals surface area contributed by atoms with Crippen LogP contribution in [-0.4, -0.2) is 40.2 Å². The predicted octanol–water partition coefficient (Wildman–Crippen LogP) is 3.24. The van der Waals surface area contributed by atoms with Crippen molar-refractivity contribution >= 4 is 23.4 Å². The number of anilines is 2. The fourth-order valence-electron chi connectivity index (χ4n) is 3.45. The molecule has 1 heterocycles. The quantitative estimate of drug-likeness (QED) is 0.668. The lowest BCUT2D eigenvalue weighted by Gasteiger charge is -2.28. The van der Waals surface area contributed by atoms with Gasteiger partial charge in [0.05, 0.1) is 12.2 Å². The van der Waals surface area contributed by atoms with Crippen LogP contribution in [0.25, 0.3) is 0 Å². The van der Waals surface area contributed by atoms with E-state index < -0.39 is 35.1 Å². The fraction of sp³-hybridized carbons (Fsp3) is 0.364. The summed E-state index contributed by atoms with van der Waals surface area (Å²) in [5.41, 5.74) is 4.20. The number of β-amino-alcohol motifs (C(OH)–C–C–N with tert-alkyl or cyclic N) is 1. The molecule has 3 rings (SSSR count). The van der Waals surface area contributed by atoms with Crippen LogP contribution in [0.15, 0.2) is 48.5 Å². The van der Waals surface area contributed by atoms with E-state index in [0.29, 0.717) is 5.56 Å². The molecule has 1 aliphatic heterocycles. The third-order valence-corrected chi connectivity index (χ3v) is 4.83. The molecule has 0 bridgehead atoms. The second-order valence-corrected chi connectivity index (χ2v) is 8.45. The summed E-state index contributed by atoms with van der Waals surface area (Å²) in [6, 6.07) is 11.5. The summed E-state index contributed by atoms with van der Waals surface area (Å²) < 4.78 is 19.5. The van der Waals surface area contributed by atoms with E-state index in [9.17, 15) is 19.1 Å². The van der Waals surface area contributed by atoms with Gasteiger partial charge in [0.15, 0.2) is 0 Å². The Morgan fingerprint density at radius 3 is 2.53 bits per heavy atom. The molecule has 4 N–H and O–H groups in total. The second-order valence-electron chi connectivity index (χ2n) is 8.45. The average molecular weight is 415 g/mol. The standard InChI is InChI=1S/C22H26FN3O4/c1-21(2,3)30-20(28)26-13-22(29,14-7-5-4-6-8-14)12-18(26)19(27)25-17-11-15(24)9-10-16(17)23/h4-11,18,29H,12-13,24H2,1-3H3,(H,25,27)/t18-,22-/m1/s1. The van der Waals surface area contributed by atoms with Gasteiger partial charge in [-0.15, -0.1) is 0 Å². The molecule has 0 aliphatic carbocycles. The highest BCUT2D eigenvalue weighted by Gasteiger charge is 2.50. The van der Waals surface area contributed by atoms with Crippen molar-refractivity contribution in [3.05, 3.63) is 59.9 Å². The van der Waals surface area contributed by atoms with E-state index in [2.05, 4.69) is 5.32 Å². The summed E-state index contributed by atoms with van der Waals surface area (Å²) in [5.74, 6) is -1.30. The van der Waals surface area contributed by atoms with Crippen LogP contribution in [0.4, 0.5) is 20.6 Å². The van der Waals surface area contributed by atoms with Gasteiger partial charge in [0.2, 0.25) is 5.91 Å². The average Bonchev–Trinajstić information content (AvgIpc) is 3.04. The Morgan fingerprint density at radius 1 is 1.23 bits per heavy atom. The first kappa shape index (κ1) is 21.6. The number of likely N-dealkylation sites (tertiary alicyclic amines) is 1. The maximum atomic E-state index is 14.1. The highest BCUT2D eigenvalue weighted by Crippen LogP contribution is 2.37. The van der Waals surface area contributed by atoms with E-state index in [0.717, 1.165) is 6.07 Å². The number of ether oxygens (including phenoxy) is 1. The molecule has 8 heteroatoms. The van der Waals surface area contributed by atoms with E-state index in [4.69, 9.17) is 10.5 Å². The van der Waals surface area contributed by atoms with Crippen LogP contribution in [0.1, 0.15) is 32.8 Å². The van der Waals surface area contributed by atoms with Gasteiger partial charge < -0.3 is 20.9 Å². The van der Waals surface area contributed by atoms with Gasteiger partial charge in [-0.05, 0) is 44.5 Å². The first-order chi connectivity index (χ1) is 14.0. The Morgan fingerprint density at radius 2 is 1.90 bits per heavy atom. The zero-order valence-corrected chi connectivity index (χ0v) is 17.2. The lowest BCUT2D eigenvalue weighted by atomic mass is 9.91. The van der Waals surface area contributed by atoms with Crippen LogP contribution < -0.4 is 11.1 Å². The van der Waals surface area contributed by atoms with Crippen molar-refractivity contribution < 1.29 is 23.8 Å². The lowest BCUT2D eigenvalue weighted by Crippen LogP contribution is -2.45. The number of carbonyl (C=O) groups is 2. The molecule has 2 aromatic carbocycles. The van der Waals surface area contributed by atoms with E-state index >= 15 is 0 Å². The smallest absolute Gasteiger partial charge is 0.411 e. The molecule has 0 radical (unpaired) electrons. The number of halogens is 1. The van der Waals surface area contributed by atoms with Crippen LogP contribution in [0.3, 0.4) is 0 Å². The van der Waals surface area contributed by atoms with Crippen LogP contribution in [-0.2, 0) is 15.1 Å². The van der Waals surface area contributed by atoms with Crippen molar-refractivity contribution in [2.24, 2.45) is 0 Å². The minimum absolute atomic E-state index is 0.0635. The third kappa shape index (κ3) is 4.71. The van der Waals surface area contributed by atoms with E-state index in [1.807, 2.05) is 0 Å². The van der Waals surface area contributed by atoms with Gasteiger partial charge in [-0.3, -0.25) is 9.69 Å². The first-order valence-corrected chi connectivity index (χ1v) is 9.62. The molecule has 2 atom stereocenters. The number of nitrogens with zero attached hydrogens (tertiary/aromatic N) is 1. The lowest BCUT2D eigenvalue weighted by molar-refractivity contribution is -0.120. The molecule has 2 aromatic rings. The minimum Gasteiger partial charge on any atom is -0.444 e. The number of benzene rings is 2. The zero-order chi connectivity index (χ0) is 22.1. The molecular formula is C22H26FN3O4. The molecule has 160 valence electrons. The Labute approximate surface area is 174 Å². The molecule has 0 spiro atoms. The summed E-state index contributed by atoms with van der Waals surface area (Å²) >= 11 is 0. The van der Waals surface area contributed by atoms with E-state index in [-0.39, 0.29) is 24.3 Å². The zero-order valence-electron chi connectivity index (χ0n) is 17.2. The topological polar surface area (TPSA) is 105 Å². The van der Waals surface area contributed by atoms with Crippen molar-refractivity contribution in [3.63, 3.8) is 0 Å². The van der Waals surface area contributed by atoms with Crippen molar-refractivity contribution in [3.8, 4) is 0 Å². The molecule has 1 saturated heterocycles. The number of aliphatic hydroxyl groups is 1. The van der Waals surface area contributed by atoms with Gasteiger partial charge >= 0.3 is 6.09 Å². The second kappa shape index (κ2) is 7.95. The van der Waals surface area contributed by atoms with Crippen molar-refractivity contribution in [1.29, 1.82) is 0 Å². The number of carbonyl (C=O) groups excluding carboxylic acids is 2. The normalized spacial score (nSPS) is 21.4. The maximum Gasteiger partial charge on any atom is 0.411 e. The number of nitrogens with one attached hydrogen (secondary N) is 1. The summed E-state index contributed by atoms with van der Waals surface area (Å²) in [4.78, 5) is 27.0. The number of hydrogen-bond donors (Lipinski definition) is 3. The van der Waals surface area contributed by atoms with Crippen LogP contribution in [0, 0.1) is 5.82 Å². The number of nitrogens with two attached hydrogens (primary N) is 1. The number of rotatable bonds is 3. The fourth-order valence-corrected chi connectivity index (χ4v) is 3.45. The molecule has 1 fully saturated rings. The number of hydrogen-bond acceptors (Lipinski definition) is 5. The molecule has 1 aliphatic rings. The Hall–Kier alpha value is -3.13. The van der Waals surface area contributed by atoms with Crippen LogP contribution in [0.5, 0.6) is 0 Å². The maximum absolute atomic E-state index is 14.1. The highest BCUT2D eigenvalue weighted by atomic mass is 19.1. The Balaban J connectivity index is 1.90. The van der Waals surface area contributed by atoms with Crippen LogP contribution in [0.2, 0.25) is 0 Å². The summed E-state index contributed by atoms with van der Waals surface area (Å²) in [6.45, 7) is 4.99. The van der Waals surface area contributed by atoms with E-state index in [1.54, 1.807) is 51.1 Å². The third-order valence-electron chi connectivity index (χ3n) is 4.83. The first-order valence-electron chi connectivity index (χ1n) is 9.62. The summed E-state index contributed by atoms with van der Waals surface area (Å²) in [7, 11) is 0. The summed E-state index contributed by atoms with van der Waals surface area (Å²) in [6.07, 6.45) is -0.797. The molecule has 0 saturated carbocycles. The van der Waals surface area contributed by atoms with Gasteiger partial charge in [-0.25, -0.2) is 9.18 Å². The highest BCUT2D eigenvalue weighted by molar-refractivity contribution is 5.97. The van der Waals surface area contributed by atoms with Gasteiger partial charge in [-0.1, -0.05) is 30.3 Å². The van der Waals surface area contributed by atoms with Gasteiger partial charge in [-0.2, -0.15) is 0 Å². The van der Waals surface area contributed by atoms with Crippen molar-refractivity contribution in [1.82, 2.24) is 4.90 Å². The largest absolute Gasteiger partial charge is 0.444 e. The monoisotopic (exact) mass is 415 g/mol. The van der Waals surface area contributed by atoms with Gasteiger partial charge in [0.1, 0.15) is 23.1 Å². The molecule has 30 heavy (non-hydrogen) atoms. The van der Waals surface area contributed by atoms with Crippen molar-refractivity contribution in [2.75, 3.05) is 17.6 Å². The van der Waals surface area contributed by atoms with Gasteiger partial charge in [0, 0.05) is 12.1 Å². The molecule has 0 aromatic heterocycles. The molecular weight excluding hydrogens is 389 g/mol. The van der Waals surface area contributed by atoms with E-state index in [1.165, 1.54) is 17.0 Å². The molecule has 7 nitrogen and oxygen atoms in total. The van der Waals surface area contributed by atoms with Gasteiger partial charge in [0.25, 0.3) is 0 Å². The Bertz CT molecular complexity index is 945. The number of nitrogen functional groups attached to an aromatic ring is 1. The number of amides is 2. The predicted molar refractivity (Wildman–Crippen MR) is 111 cm³/mol. The summed E-state index contributed by atoms with van der Waals surface area (Å²) in [5, 5.41) is 13.7. The van der Waals surface area contributed by atoms with Crippen LogP contribution >= 0.6 is 0 Å². The Kier molecular flexibility index (Phi) is 5.72. The molecule has 2 amide bonds. The van der Waals surface area contributed by atoms with Crippen molar-refractivity contribution in [2.45, 2.75) is 44.4 Å². The SMILES string of the molecule is CC(C)(C)OC(=O)N1C[C@@](O)(c2ccccc2)C[C@@H]1C(=O)Nc1cc(N)ccc1F. The molecule has 0 unspecified atom stereocenters.